The number of para-hydroxylation sites is 4. The molecule has 0 fully saturated rings. The van der Waals surface area contributed by atoms with Crippen LogP contribution in [0.1, 0.15) is 26.3 Å². The van der Waals surface area contributed by atoms with Crippen molar-refractivity contribution in [3.63, 3.8) is 0 Å². The fourth-order valence-corrected chi connectivity index (χ4v) is 12.8. The van der Waals surface area contributed by atoms with Crippen molar-refractivity contribution in [2.75, 3.05) is 9.80 Å². The smallest absolute Gasteiger partial charge is 0.336 e. The molecule has 0 saturated heterocycles. The lowest BCUT2D eigenvalue weighted by atomic mass is 9.45. The number of fused-ring (bicyclic) bond motifs is 13. The summed E-state index contributed by atoms with van der Waals surface area (Å²) in [6, 6.07) is 77.4. The highest BCUT2D eigenvalue weighted by molar-refractivity contribution is 7.99. The van der Waals surface area contributed by atoms with Gasteiger partial charge in [0.05, 0.1) is 32.1 Å². The number of anilines is 6. The first kappa shape index (κ1) is 40.5. The Bertz CT molecular complexity index is 4140. The minimum Gasteiger partial charge on any atom is -0.455 e. The van der Waals surface area contributed by atoms with Gasteiger partial charge in [-0.3, -0.25) is 0 Å². The van der Waals surface area contributed by atoms with E-state index in [0.717, 1.165) is 88.4 Å². The molecule has 12 aromatic rings. The average Bonchev–Trinajstić information content (AvgIpc) is 3.95. The predicted octanol–water partition coefficient (Wildman–Crippen LogP) is 16.8. The Labute approximate surface area is 416 Å². The molecule has 3 aliphatic heterocycles. The summed E-state index contributed by atoms with van der Waals surface area (Å²) in [6.45, 7) is 6.62. The van der Waals surface area contributed by atoms with Crippen molar-refractivity contribution in [2.24, 2.45) is 0 Å². The van der Waals surface area contributed by atoms with E-state index in [9.17, 15) is 0 Å². The molecule has 0 bridgehead atoms. The molecule has 3 aliphatic rings. The standard InChI is InChI=1S/C64H44BN3O2S/c1-64(2,3)41-31-33-49(47(36-41)39-19-7-4-8-20-39)67-51-38-55-57(71-56-30-18-17-29-54(56)69-55)37-48(51)65-61-52(67)35-40-21-13-14-26-44(40)58(61)46-32-34-50(66(42-22-9-5-10-23-42)43-24-11-6-12-25-43)60-59-45-27-15-16-28-53(45)70-63(59)68(65)62(46)60/h4-38H,1-3H3. The summed E-state index contributed by atoms with van der Waals surface area (Å²) in [5.74, 6) is 1.72. The molecule has 0 radical (unpaired) electrons. The van der Waals surface area contributed by atoms with Gasteiger partial charge in [-0.1, -0.05) is 166 Å². The zero-order valence-corrected chi connectivity index (χ0v) is 40.2. The maximum Gasteiger partial charge on any atom is 0.336 e. The topological polar surface area (TPSA) is 33.8 Å². The van der Waals surface area contributed by atoms with E-state index >= 15 is 0 Å². The van der Waals surface area contributed by atoms with Gasteiger partial charge in [0.15, 0.2) is 5.71 Å². The molecule has 5 nitrogen and oxygen atoms in total. The predicted molar refractivity (Wildman–Crippen MR) is 297 cm³/mol. The van der Waals surface area contributed by atoms with Gasteiger partial charge in [0.25, 0.3) is 0 Å². The second kappa shape index (κ2) is 15.1. The first-order valence-electron chi connectivity index (χ1n) is 24.4. The van der Waals surface area contributed by atoms with E-state index in [1.165, 1.54) is 49.5 Å². The molecule has 0 amide bonds. The molecule has 15 rings (SSSR count). The number of hydrogen-bond donors (Lipinski definition) is 0. The van der Waals surface area contributed by atoms with Crippen LogP contribution < -0.4 is 25.5 Å². The molecule has 0 spiro atoms. The average molecular weight is 930 g/mol. The van der Waals surface area contributed by atoms with Gasteiger partial charge in [-0.05, 0) is 117 Å². The summed E-state index contributed by atoms with van der Waals surface area (Å²) in [4.78, 5) is 7.15. The number of aromatic nitrogens is 1. The molecule has 0 unspecified atom stereocenters. The number of hydrogen-bond acceptors (Lipinski definition) is 5. The largest absolute Gasteiger partial charge is 0.455 e. The van der Waals surface area contributed by atoms with Gasteiger partial charge in [-0.2, -0.15) is 0 Å². The third-order valence-electron chi connectivity index (χ3n) is 14.9. The quantitative estimate of drug-likeness (QED) is 0.161. The third-order valence-corrected chi connectivity index (χ3v) is 16.0. The Balaban J connectivity index is 1.11. The van der Waals surface area contributed by atoms with Crippen molar-refractivity contribution in [1.82, 2.24) is 4.48 Å². The van der Waals surface area contributed by atoms with Gasteiger partial charge < -0.3 is 23.4 Å². The van der Waals surface area contributed by atoms with Crippen molar-refractivity contribution < 1.29 is 9.15 Å². The van der Waals surface area contributed by atoms with Crippen molar-refractivity contribution in [3.8, 4) is 33.8 Å². The van der Waals surface area contributed by atoms with Crippen molar-refractivity contribution in [1.29, 1.82) is 0 Å². The lowest BCUT2D eigenvalue weighted by Crippen LogP contribution is -2.56. The molecule has 2 aromatic heterocycles. The molecule has 7 heteroatoms. The Morgan fingerprint density at radius 1 is 0.535 bits per heavy atom. The molecular weight excluding hydrogens is 886 g/mol. The van der Waals surface area contributed by atoms with Gasteiger partial charge in [0.1, 0.15) is 17.1 Å². The molecule has 0 saturated carbocycles. The van der Waals surface area contributed by atoms with E-state index < -0.39 is 0 Å². The number of nitrogens with zero attached hydrogens (tertiary/aromatic N) is 3. The minimum atomic E-state index is -0.279. The molecule has 10 aromatic carbocycles. The molecule has 0 aliphatic carbocycles. The number of benzene rings is 10. The first-order chi connectivity index (χ1) is 34.9. The van der Waals surface area contributed by atoms with Crippen LogP contribution in [-0.2, 0) is 5.41 Å². The summed E-state index contributed by atoms with van der Waals surface area (Å²) in [7, 11) is 0. The molecule has 0 N–H and O–H groups in total. The van der Waals surface area contributed by atoms with Gasteiger partial charge in [0, 0.05) is 50.7 Å². The van der Waals surface area contributed by atoms with Gasteiger partial charge >= 0.3 is 6.85 Å². The highest BCUT2D eigenvalue weighted by Gasteiger charge is 2.46. The Hall–Kier alpha value is -8.39. The van der Waals surface area contributed by atoms with E-state index in [4.69, 9.17) is 9.15 Å². The Morgan fingerprint density at radius 3 is 2.00 bits per heavy atom. The molecule has 5 heterocycles. The van der Waals surface area contributed by atoms with Crippen LogP contribution >= 0.6 is 11.8 Å². The first-order valence-corrected chi connectivity index (χ1v) is 25.3. The maximum atomic E-state index is 7.30. The van der Waals surface area contributed by atoms with Crippen LogP contribution in [0.3, 0.4) is 0 Å². The summed E-state index contributed by atoms with van der Waals surface area (Å²) >= 11 is 1.78. The van der Waals surface area contributed by atoms with Gasteiger partial charge in [-0.25, -0.2) is 0 Å². The number of ether oxygens (including phenoxy) is 1. The molecular formula is C64H44BN3O2S. The second-order valence-corrected chi connectivity index (χ2v) is 21.1. The van der Waals surface area contributed by atoms with E-state index in [-0.39, 0.29) is 12.3 Å². The second-order valence-electron chi connectivity index (χ2n) is 20.0. The van der Waals surface area contributed by atoms with Crippen molar-refractivity contribution in [3.05, 3.63) is 218 Å². The zero-order chi connectivity index (χ0) is 47.1. The highest BCUT2D eigenvalue weighted by atomic mass is 32.2. The van der Waals surface area contributed by atoms with Crippen LogP contribution in [0.4, 0.5) is 34.1 Å². The molecule has 71 heavy (non-hydrogen) atoms. The van der Waals surface area contributed by atoms with E-state index in [2.05, 4.69) is 247 Å². The molecule has 336 valence electrons. The minimum absolute atomic E-state index is 0.0660. The normalized spacial score (nSPS) is 13.3. The summed E-state index contributed by atoms with van der Waals surface area (Å²) < 4.78 is 16.8. The summed E-state index contributed by atoms with van der Waals surface area (Å²) in [6.07, 6.45) is 0. The third kappa shape index (κ3) is 5.90. The van der Waals surface area contributed by atoms with Gasteiger partial charge in [-0.15, -0.1) is 0 Å². The van der Waals surface area contributed by atoms with Crippen LogP contribution in [0, 0.1) is 0 Å². The van der Waals surface area contributed by atoms with Gasteiger partial charge in [0.2, 0.25) is 0 Å². The Kier molecular flexibility index (Phi) is 8.59. The van der Waals surface area contributed by atoms with Crippen LogP contribution in [-0.4, -0.2) is 11.3 Å². The van der Waals surface area contributed by atoms with Crippen LogP contribution in [0.2, 0.25) is 0 Å². The number of rotatable bonds is 5. The summed E-state index contributed by atoms with van der Waals surface area (Å²) in [5.41, 5.74) is 17.9. The maximum absolute atomic E-state index is 7.30. The van der Waals surface area contributed by atoms with E-state index in [0.29, 0.717) is 0 Å². The van der Waals surface area contributed by atoms with Crippen LogP contribution in [0.15, 0.2) is 227 Å². The van der Waals surface area contributed by atoms with Crippen molar-refractivity contribution >= 4 is 107 Å². The highest BCUT2D eigenvalue weighted by Crippen LogP contribution is 2.56. The number of furan rings is 1. The molecule has 0 atom stereocenters. The Morgan fingerprint density at radius 2 is 1.23 bits per heavy atom. The van der Waals surface area contributed by atoms with E-state index in [1.807, 2.05) is 0 Å². The van der Waals surface area contributed by atoms with Crippen molar-refractivity contribution in [2.45, 2.75) is 36.0 Å². The summed E-state index contributed by atoms with van der Waals surface area (Å²) in [5, 5.41) is 5.77. The monoisotopic (exact) mass is 929 g/mol. The van der Waals surface area contributed by atoms with E-state index in [1.54, 1.807) is 11.8 Å². The fraction of sp³-hybridized carbons (Fsp3) is 0.0625. The van der Waals surface area contributed by atoms with Crippen LogP contribution in [0.5, 0.6) is 11.5 Å². The lowest BCUT2D eigenvalue weighted by molar-refractivity contribution is 0.455. The zero-order valence-electron chi connectivity index (χ0n) is 39.4. The SMILES string of the molecule is CC(C)(C)c1ccc(N2c3cc4c(cc3B3c5c2cc2ccccc2c5-c2ccc(N(c5ccccc5)c5ccccc5)c5c6c7ccccc7oc6n3c25)Sc2ccccc2O4)c(-c2ccccc2)c1. The fourth-order valence-electron chi connectivity index (χ4n) is 11.8. The lowest BCUT2D eigenvalue weighted by Gasteiger charge is -2.42. The van der Waals surface area contributed by atoms with Crippen LogP contribution in [0.25, 0.3) is 66.0 Å².